The van der Waals surface area contributed by atoms with Gasteiger partial charge in [0.1, 0.15) is 12.4 Å². The van der Waals surface area contributed by atoms with Crippen LogP contribution < -0.4 is 4.74 Å². The van der Waals surface area contributed by atoms with Crippen molar-refractivity contribution in [1.82, 2.24) is 0 Å². The van der Waals surface area contributed by atoms with E-state index in [9.17, 15) is 18.7 Å². The van der Waals surface area contributed by atoms with E-state index in [1.807, 2.05) is 18.2 Å². The van der Waals surface area contributed by atoms with Gasteiger partial charge in [0.25, 0.3) is 0 Å². The van der Waals surface area contributed by atoms with Crippen LogP contribution in [0, 0.1) is 17.6 Å². The van der Waals surface area contributed by atoms with Crippen LogP contribution in [0.1, 0.15) is 44.1 Å². The lowest BCUT2D eigenvalue weighted by atomic mass is 9.80. The Hall–Kier alpha value is -2.51. The predicted molar refractivity (Wildman–Crippen MR) is 124 cm³/mol. The van der Waals surface area contributed by atoms with E-state index in [1.165, 1.54) is 12.1 Å². The third-order valence-electron chi connectivity index (χ3n) is 7.37. The molecule has 1 heterocycles. The van der Waals surface area contributed by atoms with Crippen LogP contribution in [0.25, 0.3) is 0 Å². The summed E-state index contributed by atoms with van der Waals surface area (Å²) < 4.78 is 38.8. The Kier molecular flexibility index (Phi) is 7.53. The third-order valence-corrected chi connectivity index (χ3v) is 7.37. The first-order chi connectivity index (χ1) is 16.3. The fourth-order valence-electron chi connectivity index (χ4n) is 5.45. The number of benzene rings is 2. The zero-order valence-corrected chi connectivity index (χ0v) is 19.7. The molecular weight excluding hydrogens is 440 g/mol. The highest BCUT2D eigenvalue weighted by Gasteiger charge is 2.49. The molecule has 2 fully saturated rings. The molecule has 0 spiro atoms. The maximum Gasteiger partial charge on any atom is 0.343 e. The molecule has 0 radical (unpaired) electrons. The first-order valence-electron chi connectivity index (χ1n) is 12.2. The molecule has 0 amide bonds. The van der Waals surface area contributed by atoms with Gasteiger partial charge in [-0.25, -0.2) is 13.6 Å². The molecule has 2 aromatic rings. The SMILES string of the molecule is C[N+]1(CCCOc2ccc(F)cc2F)CCC(OC(=O)C(O)(c2ccccc2)C2CCCC2)C1. The van der Waals surface area contributed by atoms with Crippen LogP contribution in [-0.2, 0) is 15.1 Å². The van der Waals surface area contributed by atoms with Crippen molar-refractivity contribution >= 4 is 5.97 Å². The number of ether oxygens (including phenoxy) is 2. The van der Waals surface area contributed by atoms with Crippen molar-refractivity contribution in [2.24, 2.45) is 5.92 Å². The molecule has 1 N–H and O–H groups in total. The molecule has 2 aliphatic rings. The number of carbonyl (C=O) groups is 1. The van der Waals surface area contributed by atoms with Gasteiger partial charge in [0.05, 0.1) is 26.7 Å². The number of esters is 1. The number of rotatable bonds is 9. The summed E-state index contributed by atoms with van der Waals surface area (Å²) in [5.41, 5.74) is -1.01. The van der Waals surface area contributed by atoms with E-state index < -0.39 is 23.2 Å². The minimum absolute atomic E-state index is 0.0457. The Morgan fingerprint density at radius 3 is 2.56 bits per heavy atom. The Labute approximate surface area is 199 Å². The average Bonchev–Trinajstić information content (AvgIpc) is 3.49. The van der Waals surface area contributed by atoms with Crippen LogP contribution >= 0.6 is 0 Å². The molecule has 3 unspecified atom stereocenters. The Bertz CT molecular complexity index is 982. The smallest absolute Gasteiger partial charge is 0.343 e. The summed E-state index contributed by atoms with van der Waals surface area (Å²) in [7, 11) is 2.10. The lowest BCUT2D eigenvalue weighted by Crippen LogP contribution is -2.47. The van der Waals surface area contributed by atoms with Crippen molar-refractivity contribution in [3.05, 3.63) is 65.7 Å². The maximum atomic E-state index is 13.7. The summed E-state index contributed by atoms with van der Waals surface area (Å²) in [5, 5.41) is 11.6. The van der Waals surface area contributed by atoms with E-state index in [-0.39, 0.29) is 17.8 Å². The quantitative estimate of drug-likeness (QED) is 0.329. The number of likely N-dealkylation sites (N-methyl/N-ethyl adjacent to an activating group) is 1. The van der Waals surface area contributed by atoms with Crippen molar-refractivity contribution in [2.45, 2.75) is 50.2 Å². The van der Waals surface area contributed by atoms with Crippen LogP contribution in [0.15, 0.2) is 48.5 Å². The molecule has 0 aromatic heterocycles. The second kappa shape index (κ2) is 10.4. The van der Waals surface area contributed by atoms with Crippen LogP contribution in [0.4, 0.5) is 8.78 Å². The molecule has 7 heteroatoms. The second-order valence-electron chi connectivity index (χ2n) is 9.96. The van der Waals surface area contributed by atoms with Crippen molar-refractivity contribution in [1.29, 1.82) is 0 Å². The number of hydrogen-bond acceptors (Lipinski definition) is 4. The Morgan fingerprint density at radius 2 is 1.85 bits per heavy atom. The van der Waals surface area contributed by atoms with Gasteiger partial charge in [0.2, 0.25) is 0 Å². The van der Waals surface area contributed by atoms with Gasteiger partial charge in [-0.1, -0.05) is 43.2 Å². The predicted octanol–water partition coefficient (Wildman–Crippen LogP) is 4.57. The number of halogens is 2. The number of nitrogens with zero attached hydrogens (tertiary/aromatic N) is 1. The number of likely N-dealkylation sites (tertiary alicyclic amines) is 1. The number of hydrogen-bond donors (Lipinski definition) is 1. The van der Waals surface area contributed by atoms with Gasteiger partial charge in [-0.2, -0.15) is 0 Å². The number of aliphatic hydroxyl groups is 1. The minimum Gasteiger partial charge on any atom is -0.490 e. The monoisotopic (exact) mass is 474 g/mol. The third kappa shape index (κ3) is 5.41. The lowest BCUT2D eigenvalue weighted by molar-refractivity contribution is -0.899. The highest BCUT2D eigenvalue weighted by Crippen LogP contribution is 2.42. The van der Waals surface area contributed by atoms with Gasteiger partial charge in [0, 0.05) is 24.8 Å². The van der Waals surface area contributed by atoms with Crippen LogP contribution in [0.2, 0.25) is 0 Å². The molecule has 4 rings (SSSR count). The van der Waals surface area contributed by atoms with Gasteiger partial charge in [-0.3, -0.25) is 0 Å². The van der Waals surface area contributed by atoms with Crippen molar-refractivity contribution < 1.29 is 32.6 Å². The fraction of sp³-hybridized carbons (Fsp3) is 0.519. The van der Waals surface area contributed by atoms with Crippen LogP contribution in [-0.4, -0.2) is 55.0 Å². The molecule has 184 valence electrons. The summed E-state index contributed by atoms with van der Waals surface area (Å²) in [6.45, 7) is 2.60. The number of quaternary nitrogens is 1. The van der Waals surface area contributed by atoms with E-state index in [1.54, 1.807) is 12.1 Å². The van der Waals surface area contributed by atoms with Gasteiger partial charge in [-0.05, 0) is 30.5 Å². The van der Waals surface area contributed by atoms with E-state index >= 15 is 0 Å². The van der Waals surface area contributed by atoms with E-state index in [4.69, 9.17) is 9.47 Å². The van der Waals surface area contributed by atoms with Crippen LogP contribution in [0.3, 0.4) is 0 Å². The standard InChI is InChI=1S/C27H34F2NO4/c1-30(15-7-17-33-25-13-12-22(28)18-24(25)29)16-14-23(19-30)34-26(31)27(32,21-10-5-6-11-21)20-8-3-2-4-9-20/h2-4,8-9,12-13,18,21,23,32H,5-7,10-11,14-17,19H2,1H3/q+1. The molecule has 0 bridgehead atoms. The maximum absolute atomic E-state index is 13.7. The molecule has 1 saturated heterocycles. The van der Waals surface area contributed by atoms with Gasteiger partial charge in [0.15, 0.2) is 23.3 Å². The average molecular weight is 475 g/mol. The summed E-state index contributed by atoms with van der Waals surface area (Å²) in [4.78, 5) is 13.3. The summed E-state index contributed by atoms with van der Waals surface area (Å²) in [6, 6.07) is 12.4. The van der Waals surface area contributed by atoms with Crippen molar-refractivity contribution in [3.8, 4) is 5.75 Å². The van der Waals surface area contributed by atoms with Gasteiger partial charge >= 0.3 is 5.97 Å². The molecule has 1 saturated carbocycles. The molecule has 3 atom stereocenters. The first kappa shape index (κ1) is 24.6. The normalized spacial score (nSPS) is 24.6. The highest BCUT2D eigenvalue weighted by molar-refractivity contribution is 5.81. The highest BCUT2D eigenvalue weighted by atomic mass is 19.1. The Balaban J connectivity index is 1.31. The lowest BCUT2D eigenvalue weighted by Gasteiger charge is -2.33. The zero-order chi connectivity index (χ0) is 24.2. The molecular formula is C27H34F2NO4+. The number of carbonyl (C=O) groups excluding carboxylic acids is 1. The van der Waals surface area contributed by atoms with E-state index in [2.05, 4.69) is 7.05 Å². The van der Waals surface area contributed by atoms with Crippen LogP contribution in [0.5, 0.6) is 5.75 Å². The molecule has 34 heavy (non-hydrogen) atoms. The van der Waals surface area contributed by atoms with E-state index in [0.717, 1.165) is 51.3 Å². The zero-order valence-electron chi connectivity index (χ0n) is 19.7. The topological polar surface area (TPSA) is 55.8 Å². The van der Waals surface area contributed by atoms with Gasteiger partial charge in [-0.15, -0.1) is 0 Å². The van der Waals surface area contributed by atoms with Gasteiger partial charge < -0.3 is 19.1 Å². The summed E-state index contributed by atoms with van der Waals surface area (Å²) >= 11 is 0. The second-order valence-corrected chi connectivity index (χ2v) is 9.96. The Morgan fingerprint density at radius 1 is 1.12 bits per heavy atom. The van der Waals surface area contributed by atoms with Crippen molar-refractivity contribution in [2.75, 3.05) is 33.3 Å². The molecule has 1 aliphatic carbocycles. The molecule has 2 aromatic carbocycles. The van der Waals surface area contributed by atoms with Crippen molar-refractivity contribution in [3.63, 3.8) is 0 Å². The first-order valence-corrected chi connectivity index (χ1v) is 12.2. The molecule has 5 nitrogen and oxygen atoms in total. The molecule has 1 aliphatic heterocycles. The minimum atomic E-state index is -1.61. The fourth-order valence-corrected chi connectivity index (χ4v) is 5.45. The van der Waals surface area contributed by atoms with E-state index in [0.29, 0.717) is 29.6 Å². The summed E-state index contributed by atoms with van der Waals surface area (Å²) in [5.74, 6) is -1.97. The largest absolute Gasteiger partial charge is 0.490 e. The summed E-state index contributed by atoms with van der Waals surface area (Å²) in [6.07, 6.45) is 4.80.